The lowest BCUT2D eigenvalue weighted by Gasteiger charge is -2.12. The molecular weight excluding hydrogens is 342 g/mol. The van der Waals surface area contributed by atoms with Crippen LogP contribution in [0.15, 0.2) is 51.7 Å². The van der Waals surface area contributed by atoms with Crippen LogP contribution in [0.2, 0.25) is 5.02 Å². The summed E-state index contributed by atoms with van der Waals surface area (Å²) in [6, 6.07) is 12.0. The third kappa shape index (κ3) is 2.98. The Morgan fingerprint density at radius 2 is 2.04 bits per heavy atom. The zero-order valence-electron chi connectivity index (χ0n) is 13.3. The van der Waals surface area contributed by atoms with Gasteiger partial charge in [0.2, 0.25) is 0 Å². The van der Waals surface area contributed by atoms with E-state index in [1.807, 2.05) is 13.0 Å². The van der Waals surface area contributed by atoms with Crippen LogP contribution in [-0.2, 0) is 11.2 Å². The molecule has 6 heteroatoms. The molecule has 0 fully saturated rings. The Bertz CT molecular complexity index is 1060. The molecule has 2 aromatic carbocycles. The minimum atomic E-state index is -0.617. The molecule has 0 bridgehead atoms. The Morgan fingerprint density at radius 1 is 1.20 bits per heavy atom. The number of hydrogen-bond acceptors (Lipinski definition) is 4. The predicted octanol–water partition coefficient (Wildman–Crippen LogP) is 3.70. The number of aryl methyl sites for hydroxylation is 1. The van der Waals surface area contributed by atoms with Gasteiger partial charge in [0.25, 0.3) is 5.91 Å². The van der Waals surface area contributed by atoms with Crippen LogP contribution in [0.4, 0.5) is 5.69 Å². The van der Waals surface area contributed by atoms with Gasteiger partial charge in [0.05, 0.1) is 0 Å². The molecular formula is C19H14ClNO4. The van der Waals surface area contributed by atoms with Gasteiger partial charge in [-0.15, -0.1) is 0 Å². The smallest absolute Gasteiger partial charge is 0.336 e. The van der Waals surface area contributed by atoms with E-state index >= 15 is 0 Å². The summed E-state index contributed by atoms with van der Waals surface area (Å²) in [6.07, 6.45) is -0.155. The lowest BCUT2D eigenvalue weighted by molar-refractivity contribution is -0.122. The quantitative estimate of drug-likeness (QED) is 0.712. The number of carbonyl (C=O) groups is 1. The standard InChI is InChI=1S/C19H14ClNO4/c1-10-6-18(22)25-16-9-13(3-4-14(10)16)21-19(23)17-8-11-7-12(20)2-5-15(11)24-17/h2-7,9,17H,8H2,1H3,(H,21,23)/t17-/m1/s1. The highest BCUT2D eigenvalue weighted by Gasteiger charge is 2.29. The highest BCUT2D eigenvalue weighted by Crippen LogP contribution is 2.31. The van der Waals surface area contributed by atoms with Gasteiger partial charge in [0.15, 0.2) is 6.10 Å². The van der Waals surface area contributed by atoms with Crippen LogP contribution < -0.4 is 15.7 Å². The van der Waals surface area contributed by atoms with E-state index in [9.17, 15) is 9.59 Å². The fraction of sp³-hybridized carbons (Fsp3) is 0.158. The molecule has 3 aromatic rings. The molecule has 0 saturated carbocycles. The molecule has 1 atom stereocenters. The lowest BCUT2D eigenvalue weighted by atomic mass is 10.1. The molecule has 0 radical (unpaired) electrons. The second kappa shape index (κ2) is 5.93. The van der Waals surface area contributed by atoms with Crippen LogP contribution in [0.3, 0.4) is 0 Å². The van der Waals surface area contributed by atoms with Crippen molar-refractivity contribution in [1.29, 1.82) is 0 Å². The molecule has 1 N–H and O–H groups in total. The first kappa shape index (κ1) is 15.7. The first-order chi connectivity index (χ1) is 12.0. The van der Waals surface area contributed by atoms with Crippen molar-refractivity contribution in [3.05, 3.63) is 69.0 Å². The summed E-state index contributed by atoms with van der Waals surface area (Å²) < 4.78 is 10.9. The first-order valence-electron chi connectivity index (χ1n) is 7.80. The fourth-order valence-electron chi connectivity index (χ4n) is 2.99. The van der Waals surface area contributed by atoms with Crippen LogP contribution in [-0.4, -0.2) is 12.0 Å². The molecule has 2 heterocycles. The van der Waals surface area contributed by atoms with Crippen molar-refractivity contribution < 1.29 is 13.9 Å². The summed E-state index contributed by atoms with van der Waals surface area (Å²) in [5, 5.41) is 4.25. The van der Waals surface area contributed by atoms with Gasteiger partial charge in [0, 0.05) is 34.6 Å². The number of anilines is 1. The van der Waals surface area contributed by atoms with Crippen LogP contribution >= 0.6 is 11.6 Å². The third-order valence-electron chi connectivity index (χ3n) is 4.21. The molecule has 126 valence electrons. The lowest BCUT2D eigenvalue weighted by Crippen LogP contribution is -2.31. The number of nitrogens with one attached hydrogen (secondary N) is 1. The van der Waals surface area contributed by atoms with Crippen molar-refractivity contribution in [2.24, 2.45) is 0 Å². The number of ether oxygens (including phenoxy) is 1. The van der Waals surface area contributed by atoms with Crippen molar-refractivity contribution in [2.75, 3.05) is 5.32 Å². The molecule has 0 unspecified atom stereocenters. The molecule has 0 saturated heterocycles. The van der Waals surface area contributed by atoms with Crippen molar-refractivity contribution in [3.63, 3.8) is 0 Å². The van der Waals surface area contributed by atoms with Crippen LogP contribution in [0, 0.1) is 6.92 Å². The molecule has 5 nitrogen and oxygen atoms in total. The molecule has 1 aromatic heterocycles. The van der Waals surface area contributed by atoms with E-state index in [0.717, 1.165) is 16.5 Å². The number of rotatable bonds is 2. The maximum absolute atomic E-state index is 12.5. The van der Waals surface area contributed by atoms with Crippen molar-refractivity contribution in [1.82, 2.24) is 0 Å². The minimum Gasteiger partial charge on any atom is -0.480 e. The van der Waals surface area contributed by atoms with Gasteiger partial charge in [-0.05, 0) is 48.4 Å². The van der Waals surface area contributed by atoms with Crippen molar-refractivity contribution in [2.45, 2.75) is 19.4 Å². The largest absolute Gasteiger partial charge is 0.480 e. The average molecular weight is 356 g/mol. The van der Waals surface area contributed by atoms with Gasteiger partial charge in [-0.2, -0.15) is 0 Å². The monoisotopic (exact) mass is 355 g/mol. The maximum Gasteiger partial charge on any atom is 0.336 e. The Morgan fingerprint density at radius 3 is 2.88 bits per heavy atom. The number of benzene rings is 2. The van der Waals surface area contributed by atoms with Crippen LogP contribution in [0.5, 0.6) is 5.75 Å². The van der Waals surface area contributed by atoms with Gasteiger partial charge >= 0.3 is 5.63 Å². The molecule has 1 aliphatic heterocycles. The van der Waals surface area contributed by atoms with E-state index in [1.165, 1.54) is 6.07 Å². The summed E-state index contributed by atoms with van der Waals surface area (Å²) >= 11 is 5.97. The second-order valence-corrected chi connectivity index (χ2v) is 6.45. The number of hydrogen-bond donors (Lipinski definition) is 1. The van der Waals surface area contributed by atoms with Gasteiger partial charge in [-0.3, -0.25) is 4.79 Å². The normalized spacial score (nSPS) is 15.7. The average Bonchev–Trinajstić information content (AvgIpc) is 2.97. The molecule has 1 aliphatic rings. The van der Waals surface area contributed by atoms with Crippen molar-refractivity contribution in [3.8, 4) is 5.75 Å². The molecule has 0 aliphatic carbocycles. The van der Waals surface area contributed by atoms with E-state index in [4.69, 9.17) is 20.8 Å². The summed E-state index contributed by atoms with van der Waals surface area (Å²) in [5.74, 6) is 0.409. The third-order valence-corrected chi connectivity index (χ3v) is 4.44. The first-order valence-corrected chi connectivity index (χ1v) is 8.18. The SMILES string of the molecule is Cc1cc(=O)oc2cc(NC(=O)[C@H]3Cc4cc(Cl)ccc4O3)ccc12. The second-order valence-electron chi connectivity index (χ2n) is 6.01. The highest BCUT2D eigenvalue weighted by atomic mass is 35.5. The number of halogens is 1. The zero-order valence-corrected chi connectivity index (χ0v) is 14.1. The van der Waals surface area contributed by atoms with Crippen LogP contribution in [0.1, 0.15) is 11.1 Å². The van der Waals surface area contributed by atoms with Crippen LogP contribution in [0.25, 0.3) is 11.0 Å². The van der Waals surface area contributed by atoms with E-state index < -0.39 is 11.7 Å². The number of fused-ring (bicyclic) bond motifs is 2. The summed E-state index contributed by atoms with van der Waals surface area (Å²) in [6.45, 7) is 1.84. The molecule has 4 rings (SSSR count). The van der Waals surface area contributed by atoms with Gasteiger partial charge < -0.3 is 14.5 Å². The molecule has 1 amide bonds. The van der Waals surface area contributed by atoms with E-state index in [2.05, 4.69) is 5.32 Å². The summed E-state index contributed by atoms with van der Waals surface area (Å²) in [4.78, 5) is 24.0. The molecule has 0 spiro atoms. The molecule has 25 heavy (non-hydrogen) atoms. The Hall–Kier alpha value is -2.79. The Kier molecular flexibility index (Phi) is 3.73. The fourth-order valence-corrected chi connectivity index (χ4v) is 3.18. The number of carbonyl (C=O) groups excluding carboxylic acids is 1. The van der Waals surface area contributed by atoms with E-state index in [-0.39, 0.29) is 5.91 Å². The Balaban J connectivity index is 1.55. The van der Waals surface area contributed by atoms with Gasteiger partial charge in [-0.25, -0.2) is 4.79 Å². The Labute approximate surface area is 148 Å². The summed E-state index contributed by atoms with van der Waals surface area (Å²) in [7, 11) is 0. The predicted molar refractivity (Wildman–Crippen MR) is 95.4 cm³/mol. The van der Waals surface area contributed by atoms with Gasteiger partial charge in [0.1, 0.15) is 11.3 Å². The highest BCUT2D eigenvalue weighted by molar-refractivity contribution is 6.30. The maximum atomic E-state index is 12.5. The minimum absolute atomic E-state index is 0.262. The van der Waals surface area contributed by atoms with Gasteiger partial charge in [-0.1, -0.05) is 11.6 Å². The van der Waals surface area contributed by atoms with E-state index in [1.54, 1.807) is 30.3 Å². The van der Waals surface area contributed by atoms with Crippen molar-refractivity contribution >= 4 is 34.2 Å². The topological polar surface area (TPSA) is 68.5 Å². The zero-order chi connectivity index (χ0) is 17.6. The summed E-state index contributed by atoms with van der Waals surface area (Å²) in [5.41, 5.74) is 2.30. The number of amides is 1. The van der Waals surface area contributed by atoms with E-state index in [0.29, 0.717) is 28.5 Å².